The number of hydrogen-bond acceptors (Lipinski definition) is 3. The third-order valence-electron chi connectivity index (χ3n) is 2.64. The lowest BCUT2D eigenvalue weighted by atomic mass is 10.1. The van der Waals surface area contributed by atoms with E-state index in [9.17, 15) is 0 Å². The Labute approximate surface area is 103 Å². The summed E-state index contributed by atoms with van der Waals surface area (Å²) in [5, 5.41) is 3.41. The third kappa shape index (κ3) is 3.11. The highest BCUT2D eigenvalue weighted by atomic mass is 79.9. The van der Waals surface area contributed by atoms with Crippen LogP contribution in [0.15, 0.2) is 16.7 Å². The first-order valence-electron chi connectivity index (χ1n) is 5.19. The van der Waals surface area contributed by atoms with E-state index in [1.165, 1.54) is 23.5 Å². The molecular weight excluding hydrogens is 272 g/mol. The minimum atomic E-state index is 0.820. The van der Waals surface area contributed by atoms with Crippen LogP contribution in [0.3, 0.4) is 0 Å². The van der Waals surface area contributed by atoms with Crippen LogP contribution in [0.1, 0.15) is 12.0 Å². The summed E-state index contributed by atoms with van der Waals surface area (Å²) < 4.78 is 1.07. The molecule has 4 heteroatoms. The second-order valence-corrected chi connectivity index (χ2v) is 5.93. The quantitative estimate of drug-likeness (QED) is 0.923. The fourth-order valence-corrected chi connectivity index (χ4v) is 3.13. The number of halogens is 1. The molecule has 1 atom stereocenters. The molecule has 0 amide bonds. The topological polar surface area (TPSA) is 24.9 Å². The molecule has 0 bridgehead atoms. The summed E-state index contributed by atoms with van der Waals surface area (Å²) in [6, 6.07) is 2.09. The zero-order valence-corrected chi connectivity index (χ0v) is 11.2. The molecule has 1 fully saturated rings. The van der Waals surface area contributed by atoms with Gasteiger partial charge in [0.25, 0.3) is 0 Å². The average molecular weight is 287 g/mol. The van der Waals surface area contributed by atoms with Gasteiger partial charge < -0.3 is 5.32 Å². The molecule has 0 aromatic carbocycles. The molecule has 0 aliphatic carbocycles. The van der Waals surface area contributed by atoms with Gasteiger partial charge in [-0.2, -0.15) is 11.8 Å². The monoisotopic (exact) mass is 286 g/mol. The van der Waals surface area contributed by atoms with Crippen LogP contribution in [-0.4, -0.2) is 23.0 Å². The minimum Gasteiger partial charge on any atom is -0.370 e. The Morgan fingerprint density at radius 1 is 1.67 bits per heavy atom. The van der Waals surface area contributed by atoms with E-state index in [2.05, 4.69) is 51.0 Å². The van der Waals surface area contributed by atoms with Crippen LogP contribution in [0.2, 0.25) is 0 Å². The molecule has 15 heavy (non-hydrogen) atoms. The molecule has 0 spiro atoms. The van der Waals surface area contributed by atoms with Gasteiger partial charge in [-0.05, 0) is 58.3 Å². The maximum absolute atomic E-state index is 4.34. The zero-order chi connectivity index (χ0) is 10.7. The summed E-state index contributed by atoms with van der Waals surface area (Å²) >= 11 is 5.51. The number of thioether (sulfide) groups is 1. The molecule has 1 N–H and O–H groups in total. The summed E-state index contributed by atoms with van der Waals surface area (Å²) in [6.45, 7) is 3.14. The molecule has 2 nitrogen and oxygen atoms in total. The maximum Gasteiger partial charge on any atom is 0.126 e. The highest BCUT2D eigenvalue weighted by molar-refractivity contribution is 9.10. The molecule has 1 unspecified atom stereocenters. The number of nitrogens with zero attached hydrogens (tertiary/aromatic N) is 1. The number of hydrogen-bond donors (Lipinski definition) is 1. The van der Waals surface area contributed by atoms with E-state index in [0.29, 0.717) is 0 Å². The fourth-order valence-electron chi connectivity index (χ4n) is 1.63. The van der Waals surface area contributed by atoms with Gasteiger partial charge in [0.15, 0.2) is 0 Å². The predicted octanol–water partition coefficient (Wildman–Crippen LogP) is 3.32. The van der Waals surface area contributed by atoms with Gasteiger partial charge in [-0.25, -0.2) is 4.98 Å². The third-order valence-corrected chi connectivity index (χ3v) is 4.70. The van der Waals surface area contributed by atoms with E-state index >= 15 is 0 Å². The van der Waals surface area contributed by atoms with E-state index in [4.69, 9.17) is 0 Å². The van der Waals surface area contributed by atoms with Gasteiger partial charge in [0.05, 0.1) is 0 Å². The number of aryl methyl sites for hydroxylation is 1. The molecule has 0 radical (unpaired) electrons. The zero-order valence-electron chi connectivity index (χ0n) is 8.79. The van der Waals surface area contributed by atoms with Crippen molar-refractivity contribution in [3.05, 3.63) is 22.3 Å². The van der Waals surface area contributed by atoms with Crippen molar-refractivity contribution in [1.82, 2.24) is 4.98 Å². The van der Waals surface area contributed by atoms with Gasteiger partial charge in [0, 0.05) is 17.2 Å². The SMILES string of the molecule is Cc1cc(NCC2CCSC2)ncc1Br. The van der Waals surface area contributed by atoms with Crippen molar-refractivity contribution in [3.8, 4) is 0 Å². The van der Waals surface area contributed by atoms with E-state index in [0.717, 1.165) is 22.8 Å². The molecule has 0 saturated carbocycles. The molecular formula is C11H15BrN2S. The summed E-state index contributed by atoms with van der Waals surface area (Å²) in [4.78, 5) is 4.34. The number of anilines is 1. The van der Waals surface area contributed by atoms with Crippen molar-refractivity contribution in [2.24, 2.45) is 5.92 Å². The van der Waals surface area contributed by atoms with E-state index < -0.39 is 0 Å². The van der Waals surface area contributed by atoms with Crippen molar-refractivity contribution in [2.45, 2.75) is 13.3 Å². The first kappa shape index (κ1) is 11.3. The Kier molecular flexibility index (Phi) is 3.92. The number of pyridine rings is 1. The van der Waals surface area contributed by atoms with Gasteiger partial charge in [-0.3, -0.25) is 0 Å². The Bertz CT molecular complexity index is 337. The van der Waals surface area contributed by atoms with Crippen LogP contribution in [0.5, 0.6) is 0 Å². The molecule has 1 aliphatic heterocycles. The van der Waals surface area contributed by atoms with Crippen molar-refractivity contribution in [1.29, 1.82) is 0 Å². The summed E-state index contributed by atoms with van der Waals surface area (Å²) in [7, 11) is 0. The molecule has 82 valence electrons. The lowest BCUT2D eigenvalue weighted by Crippen LogP contribution is -2.14. The molecule has 2 rings (SSSR count). The van der Waals surface area contributed by atoms with Crippen molar-refractivity contribution in [3.63, 3.8) is 0 Å². The normalized spacial score (nSPS) is 20.5. The Morgan fingerprint density at radius 2 is 2.53 bits per heavy atom. The Morgan fingerprint density at radius 3 is 3.20 bits per heavy atom. The minimum absolute atomic E-state index is 0.820. The molecule has 2 heterocycles. The largest absolute Gasteiger partial charge is 0.370 e. The van der Waals surface area contributed by atoms with E-state index in [-0.39, 0.29) is 0 Å². The Balaban J connectivity index is 1.90. The van der Waals surface area contributed by atoms with Gasteiger partial charge >= 0.3 is 0 Å². The average Bonchev–Trinajstić information content (AvgIpc) is 2.73. The van der Waals surface area contributed by atoms with Crippen molar-refractivity contribution in [2.75, 3.05) is 23.4 Å². The lowest BCUT2D eigenvalue weighted by Gasteiger charge is -2.11. The van der Waals surface area contributed by atoms with Gasteiger partial charge in [-0.1, -0.05) is 0 Å². The van der Waals surface area contributed by atoms with Gasteiger partial charge in [-0.15, -0.1) is 0 Å². The van der Waals surface area contributed by atoms with Crippen molar-refractivity contribution < 1.29 is 0 Å². The summed E-state index contributed by atoms with van der Waals surface area (Å²) in [5.41, 5.74) is 1.23. The fraction of sp³-hybridized carbons (Fsp3) is 0.545. The van der Waals surface area contributed by atoms with Crippen LogP contribution < -0.4 is 5.32 Å². The second-order valence-electron chi connectivity index (χ2n) is 3.93. The van der Waals surface area contributed by atoms with E-state index in [1.807, 2.05) is 6.20 Å². The second kappa shape index (κ2) is 5.21. The van der Waals surface area contributed by atoms with Gasteiger partial charge in [0.1, 0.15) is 5.82 Å². The predicted molar refractivity (Wildman–Crippen MR) is 70.6 cm³/mol. The van der Waals surface area contributed by atoms with Crippen molar-refractivity contribution >= 4 is 33.5 Å². The lowest BCUT2D eigenvalue weighted by molar-refractivity contribution is 0.630. The summed E-state index contributed by atoms with van der Waals surface area (Å²) in [6.07, 6.45) is 3.20. The Hall–Kier alpha value is -0.220. The van der Waals surface area contributed by atoms with Gasteiger partial charge in [0.2, 0.25) is 0 Å². The first-order valence-corrected chi connectivity index (χ1v) is 7.14. The standard InChI is InChI=1S/C11H15BrN2S/c1-8-4-11(14-6-10(8)12)13-5-9-2-3-15-7-9/h4,6,9H,2-3,5,7H2,1H3,(H,13,14). The first-order chi connectivity index (χ1) is 7.25. The van der Waals surface area contributed by atoms with Crippen LogP contribution >= 0.6 is 27.7 Å². The van der Waals surface area contributed by atoms with Crippen LogP contribution in [0, 0.1) is 12.8 Å². The summed E-state index contributed by atoms with van der Waals surface area (Å²) in [5.74, 6) is 4.43. The number of rotatable bonds is 3. The number of aromatic nitrogens is 1. The van der Waals surface area contributed by atoms with Crippen LogP contribution in [0.4, 0.5) is 5.82 Å². The molecule has 1 saturated heterocycles. The van der Waals surface area contributed by atoms with Crippen LogP contribution in [-0.2, 0) is 0 Å². The smallest absolute Gasteiger partial charge is 0.126 e. The highest BCUT2D eigenvalue weighted by Crippen LogP contribution is 2.24. The highest BCUT2D eigenvalue weighted by Gasteiger charge is 2.14. The molecule has 1 aromatic rings. The van der Waals surface area contributed by atoms with Crippen LogP contribution in [0.25, 0.3) is 0 Å². The molecule has 1 aliphatic rings. The van der Waals surface area contributed by atoms with E-state index in [1.54, 1.807) is 0 Å². The maximum atomic E-state index is 4.34. The molecule has 1 aromatic heterocycles. The number of nitrogens with one attached hydrogen (secondary N) is 1.